The summed E-state index contributed by atoms with van der Waals surface area (Å²) in [4.78, 5) is 25.1. The number of hydrogen-bond donors (Lipinski definition) is 2. The molecule has 4 aliphatic heterocycles. The number of halogens is 3. The molecule has 0 aliphatic carbocycles. The molecule has 8 rings (SSSR count). The largest absolute Gasteiger partial charge is 0.508 e. The van der Waals surface area contributed by atoms with Crippen molar-refractivity contribution in [3.05, 3.63) is 57.6 Å². The van der Waals surface area contributed by atoms with Gasteiger partial charge >= 0.3 is 6.01 Å². The van der Waals surface area contributed by atoms with Gasteiger partial charge in [0.2, 0.25) is 0 Å². The normalized spacial score (nSPS) is 25.4. The van der Waals surface area contributed by atoms with Crippen molar-refractivity contribution < 1.29 is 27.9 Å². The molecule has 0 amide bonds. The number of nitro benzene ring substituents is 1. The number of phenolic OH excluding ortho intramolecular Hbond substituents is 1. The van der Waals surface area contributed by atoms with E-state index < -0.39 is 39.5 Å². The molecule has 4 aromatic rings. The highest BCUT2D eigenvalue weighted by Crippen LogP contribution is 2.46. The smallest absolute Gasteiger partial charge is 0.319 e. The third kappa shape index (κ3) is 4.81. The molecule has 4 aliphatic rings. The molecule has 10 nitrogen and oxygen atoms in total. The number of rotatable bonds is 6. The summed E-state index contributed by atoms with van der Waals surface area (Å²) in [5, 5.41) is 27.2. The first-order valence-corrected chi connectivity index (χ1v) is 15.8. The maximum Gasteiger partial charge on any atom is 0.319 e. The number of hydrogen-bond acceptors (Lipinski definition) is 9. The molecule has 5 heterocycles. The lowest BCUT2D eigenvalue weighted by molar-refractivity contribution is -0.384. The zero-order valence-electron chi connectivity index (χ0n) is 25.3. The van der Waals surface area contributed by atoms with E-state index in [1.807, 2.05) is 4.90 Å². The highest BCUT2D eigenvalue weighted by molar-refractivity contribution is 6.06. The fourth-order valence-corrected chi connectivity index (χ4v) is 8.26. The molecule has 0 spiro atoms. The van der Waals surface area contributed by atoms with Crippen LogP contribution in [0.5, 0.6) is 11.8 Å². The zero-order valence-corrected chi connectivity index (χ0v) is 25.3. The molecule has 242 valence electrons. The van der Waals surface area contributed by atoms with E-state index in [2.05, 4.69) is 21.1 Å². The number of nitro groups is 1. The SMILES string of the molecule is C#Cc1c(F)ccc2cc(O)cc(-c3c([N+](=O)[O-])cc4c(N5C[C@H]6CC[C@@H](C5)N6)nc(OC[C@@]56CCCN5C[C@H](F)C6)nc4c3F)c12. The second-order valence-corrected chi connectivity index (χ2v) is 13.1. The molecule has 2 N–H and O–H groups in total. The Kier molecular flexibility index (Phi) is 6.93. The van der Waals surface area contributed by atoms with Gasteiger partial charge in [0.1, 0.15) is 35.7 Å². The summed E-state index contributed by atoms with van der Waals surface area (Å²) in [5.41, 5.74) is -2.24. The minimum absolute atomic E-state index is 0.0403. The van der Waals surface area contributed by atoms with Crippen LogP contribution in [0.15, 0.2) is 30.3 Å². The highest BCUT2D eigenvalue weighted by Gasteiger charge is 2.49. The Morgan fingerprint density at radius 2 is 1.96 bits per heavy atom. The minimum Gasteiger partial charge on any atom is -0.508 e. The van der Waals surface area contributed by atoms with Crippen molar-refractivity contribution in [1.29, 1.82) is 0 Å². The van der Waals surface area contributed by atoms with Crippen LogP contribution in [-0.2, 0) is 0 Å². The monoisotopic (exact) mass is 644 g/mol. The van der Waals surface area contributed by atoms with E-state index in [1.54, 1.807) is 0 Å². The van der Waals surface area contributed by atoms with E-state index in [0.29, 0.717) is 31.9 Å². The van der Waals surface area contributed by atoms with Crippen molar-refractivity contribution in [3.63, 3.8) is 0 Å². The molecule has 2 bridgehead atoms. The van der Waals surface area contributed by atoms with Crippen LogP contribution < -0.4 is 15.0 Å². The Bertz CT molecular complexity index is 2010. The molecular formula is C34H31F3N6O4. The van der Waals surface area contributed by atoms with Crippen LogP contribution >= 0.6 is 0 Å². The molecular weight excluding hydrogens is 613 g/mol. The molecule has 4 saturated heterocycles. The minimum atomic E-state index is -1.06. The average molecular weight is 645 g/mol. The van der Waals surface area contributed by atoms with Gasteiger partial charge in [0, 0.05) is 55.2 Å². The average Bonchev–Trinajstić information content (AvgIpc) is 3.69. The van der Waals surface area contributed by atoms with Crippen molar-refractivity contribution >= 4 is 33.2 Å². The number of terminal acetylenes is 1. The molecule has 4 atom stereocenters. The van der Waals surface area contributed by atoms with Gasteiger partial charge in [0.15, 0.2) is 5.82 Å². The Hall–Kier alpha value is -4.67. The summed E-state index contributed by atoms with van der Waals surface area (Å²) in [6, 6.07) is 6.38. The second kappa shape index (κ2) is 11.0. The standard InChI is InChI=1S/C34H31F3N6O4/c1-2-23-26(36)7-4-18-10-22(44)11-24(28(18)23)29-27(43(45)46)12-25-31(30(29)37)39-33(40-32(25)41-15-20-5-6-21(16-41)38-20)47-17-34-8-3-9-42(34)14-19(35)13-34/h1,4,7,10-12,19-21,38,44H,3,5-6,8-9,13-17H2/t19-,20-,21+,34+/m1/s1. The number of phenols is 1. The van der Waals surface area contributed by atoms with Crippen LogP contribution in [0.4, 0.5) is 24.7 Å². The second-order valence-electron chi connectivity index (χ2n) is 13.1. The number of aromatic hydroxyl groups is 1. The Morgan fingerprint density at radius 1 is 1.17 bits per heavy atom. The Labute approximate surface area is 267 Å². The fourth-order valence-electron chi connectivity index (χ4n) is 8.26. The van der Waals surface area contributed by atoms with Crippen LogP contribution in [0.25, 0.3) is 32.8 Å². The number of alkyl halides is 1. The summed E-state index contributed by atoms with van der Waals surface area (Å²) in [5.74, 6) is 0.417. The van der Waals surface area contributed by atoms with E-state index in [1.165, 1.54) is 18.2 Å². The van der Waals surface area contributed by atoms with Gasteiger partial charge in [-0.1, -0.05) is 12.0 Å². The Balaban J connectivity index is 1.34. The predicted molar refractivity (Wildman–Crippen MR) is 169 cm³/mol. The third-order valence-electron chi connectivity index (χ3n) is 10.3. The Morgan fingerprint density at radius 3 is 2.70 bits per heavy atom. The van der Waals surface area contributed by atoms with Crippen molar-refractivity contribution in [2.75, 3.05) is 37.7 Å². The number of benzene rings is 3. The molecule has 0 saturated carbocycles. The topological polar surface area (TPSA) is 117 Å². The van der Waals surface area contributed by atoms with Crippen LogP contribution in [0.1, 0.15) is 37.7 Å². The van der Waals surface area contributed by atoms with Gasteiger partial charge in [0.25, 0.3) is 5.69 Å². The van der Waals surface area contributed by atoms with Crippen molar-refractivity contribution in [2.24, 2.45) is 0 Å². The van der Waals surface area contributed by atoms with E-state index in [9.17, 15) is 24.0 Å². The predicted octanol–water partition coefficient (Wildman–Crippen LogP) is 5.22. The zero-order chi connectivity index (χ0) is 32.6. The molecule has 1 aromatic heterocycles. The van der Waals surface area contributed by atoms with Gasteiger partial charge in [-0.25, -0.2) is 13.2 Å². The summed E-state index contributed by atoms with van der Waals surface area (Å²) in [6.45, 7) is 2.28. The molecule has 3 aromatic carbocycles. The van der Waals surface area contributed by atoms with Crippen LogP contribution in [-0.4, -0.2) is 81.5 Å². The van der Waals surface area contributed by atoms with Crippen molar-refractivity contribution in [3.8, 4) is 35.2 Å². The fraction of sp³-hybridized carbons (Fsp3) is 0.412. The quantitative estimate of drug-likeness (QED) is 0.166. The van der Waals surface area contributed by atoms with Gasteiger partial charge in [-0.15, -0.1) is 6.42 Å². The third-order valence-corrected chi connectivity index (χ3v) is 10.3. The van der Waals surface area contributed by atoms with E-state index >= 15 is 4.39 Å². The van der Waals surface area contributed by atoms with E-state index in [-0.39, 0.29) is 63.3 Å². The highest BCUT2D eigenvalue weighted by atomic mass is 19.1. The summed E-state index contributed by atoms with van der Waals surface area (Å²) >= 11 is 0. The first-order valence-electron chi connectivity index (χ1n) is 15.8. The van der Waals surface area contributed by atoms with Crippen LogP contribution in [0, 0.1) is 34.1 Å². The van der Waals surface area contributed by atoms with Crippen LogP contribution in [0.3, 0.4) is 0 Å². The number of fused-ring (bicyclic) bond motifs is 5. The summed E-state index contributed by atoms with van der Waals surface area (Å²) in [6.07, 6.45) is 8.56. The van der Waals surface area contributed by atoms with Crippen LogP contribution in [0.2, 0.25) is 0 Å². The van der Waals surface area contributed by atoms with Crippen molar-refractivity contribution in [2.45, 2.75) is 55.9 Å². The number of nitrogens with zero attached hydrogens (tertiary/aromatic N) is 5. The number of piperazine rings is 1. The van der Waals surface area contributed by atoms with Crippen molar-refractivity contribution in [1.82, 2.24) is 20.2 Å². The first-order chi connectivity index (χ1) is 22.6. The van der Waals surface area contributed by atoms with Gasteiger partial charge in [-0.3, -0.25) is 15.0 Å². The van der Waals surface area contributed by atoms with Gasteiger partial charge in [-0.2, -0.15) is 9.97 Å². The maximum absolute atomic E-state index is 17.1. The maximum atomic E-state index is 17.1. The lowest BCUT2D eigenvalue weighted by Crippen LogP contribution is -2.51. The summed E-state index contributed by atoms with van der Waals surface area (Å²) < 4.78 is 52.7. The van der Waals surface area contributed by atoms with Gasteiger partial charge in [0.05, 0.1) is 27.0 Å². The van der Waals surface area contributed by atoms with E-state index in [0.717, 1.165) is 44.4 Å². The number of ether oxygens (including phenoxy) is 1. The van der Waals surface area contributed by atoms with E-state index in [4.69, 9.17) is 16.1 Å². The molecule has 0 unspecified atom stereocenters. The lowest BCUT2D eigenvalue weighted by Gasteiger charge is -2.34. The van der Waals surface area contributed by atoms with Gasteiger partial charge in [-0.05, 0) is 55.8 Å². The summed E-state index contributed by atoms with van der Waals surface area (Å²) in [7, 11) is 0. The molecule has 4 fully saturated rings. The number of nitrogens with one attached hydrogen (secondary N) is 1. The number of aromatic nitrogens is 2. The van der Waals surface area contributed by atoms with Gasteiger partial charge < -0.3 is 20.1 Å². The first kappa shape index (κ1) is 29.7. The number of anilines is 1. The molecule has 0 radical (unpaired) electrons. The lowest BCUT2D eigenvalue weighted by atomic mass is 9.92. The molecule has 13 heteroatoms. The molecule has 47 heavy (non-hydrogen) atoms.